The Bertz CT molecular complexity index is 1240. The Balaban J connectivity index is 1.51. The molecule has 1 fully saturated rings. The van der Waals surface area contributed by atoms with E-state index in [4.69, 9.17) is 14.2 Å². The first-order valence-electron chi connectivity index (χ1n) is 10.6. The Labute approximate surface area is 208 Å². The SMILES string of the molecule is Cc1ccc(C(=O)OC[C@H]2O[C@@H](n3nc([N+](=O)[O-])nc3Br)C[C@@H]2OC(=O)c2ccc(C)cc2)cc1. The Kier molecular flexibility index (Phi) is 7.22. The van der Waals surface area contributed by atoms with Gasteiger partial charge in [-0.2, -0.15) is 0 Å². The van der Waals surface area contributed by atoms with Crippen LogP contribution < -0.4 is 0 Å². The highest BCUT2D eigenvalue weighted by atomic mass is 79.9. The first-order valence-corrected chi connectivity index (χ1v) is 11.4. The van der Waals surface area contributed by atoms with Gasteiger partial charge in [0.2, 0.25) is 0 Å². The highest BCUT2D eigenvalue weighted by Crippen LogP contribution is 2.33. The smallest absolute Gasteiger partial charge is 0.459 e. The first kappa shape index (κ1) is 24.5. The van der Waals surface area contributed by atoms with E-state index < -0.39 is 41.2 Å². The van der Waals surface area contributed by atoms with Crippen LogP contribution in [-0.2, 0) is 14.2 Å². The van der Waals surface area contributed by atoms with Crippen LogP contribution in [0.1, 0.15) is 44.5 Å². The molecule has 0 amide bonds. The second-order valence-corrected chi connectivity index (χ2v) is 8.73. The molecule has 3 aromatic rings. The summed E-state index contributed by atoms with van der Waals surface area (Å²) in [5.74, 6) is -1.74. The largest absolute Gasteiger partial charge is 0.492 e. The Hall–Kier alpha value is -3.64. The zero-order valence-electron chi connectivity index (χ0n) is 18.8. The average Bonchev–Trinajstić information content (AvgIpc) is 3.41. The predicted octanol–water partition coefficient (Wildman–Crippen LogP) is 3.94. The molecule has 0 aliphatic carbocycles. The third-order valence-electron chi connectivity index (χ3n) is 5.41. The Morgan fingerprint density at radius 1 is 1.09 bits per heavy atom. The molecule has 1 saturated heterocycles. The predicted molar refractivity (Wildman–Crippen MR) is 125 cm³/mol. The summed E-state index contributed by atoms with van der Waals surface area (Å²) in [6.07, 6.45) is -2.37. The van der Waals surface area contributed by atoms with E-state index >= 15 is 0 Å². The fraction of sp³-hybridized carbons (Fsp3) is 0.304. The topological polar surface area (TPSA) is 136 Å². The molecular weight excluding hydrogens is 524 g/mol. The van der Waals surface area contributed by atoms with Crippen LogP contribution in [0, 0.1) is 24.0 Å². The van der Waals surface area contributed by atoms with Crippen LogP contribution >= 0.6 is 15.9 Å². The fourth-order valence-electron chi connectivity index (χ4n) is 3.50. The molecule has 0 radical (unpaired) electrons. The number of hydrogen-bond acceptors (Lipinski definition) is 9. The second-order valence-electron chi connectivity index (χ2n) is 8.02. The summed E-state index contributed by atoms with van der Waals surface area (Å²) >= 11 is 3.14. The van der Waals surface area contributed by atoms with Crippen molar-refractivity contribution in [1.29, 1.82) is 0 Å². The maximum Gasteiger partial charge on any atom is 0.492 e. The van der Waals surface area contributed by atoms with Gasteiger partial charge in [-0.1, -0.05) is 35.4 Å². The standard InChI is InChI=1S/C23H21BrN4O7/c1-13-3-7-15(8-4-13)20(29)33-12-18-17(35-21(30)16-9-5-14(2)6-10-16)11-19(34-18)27-22(24)25-23(26-27)28(31)32/h3-10,17-19H,11-12H2,1-2H3/t17-,18+,19+/m0/s1. The van der Waals surface area contributed by atoms with E-state index in [1.165, 1.54) is 4.68 Å². The van der Waals surface area contributed by atoms with Crippen molar-refractivity contribution in [2.45, 2.75) is 38.7 Å². The normalized spacial score (nSPS) is 19.3. The number of benzene rings is 2. The van der Waals surface area contributed by atoms with Gasteiger partial charge in [-0.15, -0.1) is 4.68 Å². The number of hydrogen-bond donors (Lipinski definition) is 0. The van der Waals surface area contributed by atoms with E-state index in [-0.39, 0.29) is 17.8 Å². The van der Waals surface area contributed by atoms with E-state index in [1.807, 2.05) is 13.8 Å². The first-order chi connectivity index (χ1) is 16.7. The monoisotopic (exact) mass is 544 g/mol. The van der Waals surface area contributed by atoms with Crippen molar-refractivity contribution >= 4 is 33.8 Å². The minimum absolute atomic E-state index is 0.0788. The number of aryl methyl sites for hydroxylation is 2. The summed E-state index contributed by atoms with van der Waals surface area (Å²) < 4.78 is 18.3. The van der Waals surface area contributed by atoms with Crippen molar-refractivity contribution in [3.8, 4) is 0 Å². The lowest BCUT2D eigenvalue weighted by atomic mass is 10.1. The summed E-state index contributed by atoms with van der Waals surface area (Å²) in [6.45, 7) is 3.60. The summed E-state index contributed by atoms with van der Waals surface area (Å²) in [5.41, 5.74) is 2.71. The molecule has 2 aromatic carbocycles. The van der Waals surface area contributed by atoms with E-state index in [1.54, 1.807) is 48.5 Å². The Morgan fingerprint density at radius 3 is 2.20 bits per heavy atom. The summed E-state index contributed by atoms with van der Waals surface area (Å²) in [4.78, 5) is 39.3. The van der Waals surface area contributed by atoms with Gasteiger partial charge in [0, 0.05) is 27.4 Å². The molecule has 1 aliphatic rings. The zero-order chi connectivity index (χ0) is 25.1. The van der Waals surface area contributed by atoms with Gasteiger partial charge >= 0.3 is 17.9 Å². The van der Waals surface area contributed by atoms with Gasteiger partial charge in [-0.05, 0) is 48.0 Å². The van der Waals surface area contributed by atoms with Gasteiger partial charge in [-0.25, -0.2) is 9.59 Å². The molecule has 0 bridgehead atoms. The molecule has 12 heteroatoms. The number of ether oxygens (including phenoxy) is 3. The summed E-state index contributed by atoms with van der Waals surface area (Å²) in [6, 6.07) is 13.8. The molecule has 0 spiro atoms. The van der Waals surface area contributed by atoms with E-state index in [0.717, 1.165) is 11.1 Å². The molecule has 35 heavy (non-hydrogen) atoms. The second kappa shape index (κ2) is 10.3. The van der Waals surface area contributed by atoms with E-state index in [2.05, 4.69) is 26.0 Å². The minimum Gasteiger partial charge on any atom is -0.459 e. The highest BCUT2D eigenvalue weighted by molar-refractivity contribution is 9.10. The van der Waals surface area contributed by atoms with Crippen molar-refractivity contribution in [3.63, 3.8) is 0 Å². The van der Waals surface area contributed by atoms with Crippen molar-refractivity contribution in [3.05, 3.63) is 85.6 Å². The van der Waals surface area contributed by atoms with E-state index in [0.29, 0.717) is 11.1 Å². The number of halogens is 1. The molecule has 4 rings (SSSR count). The van der Waals surface area contributed by atoms with Crippen LogP contribution in [0.25, 0.3) is 0 Å². The number of esters is 2. The molecule has 182 valence electrons. The average molecular weight is 545 g/mol. The zero-order valence-corrected chi connectivity index (χ0v) is 20.4. The quantitative estimate of drug-likeness (QED) is 0.246. The molecule has 0 unspecified atom stereocenters. The number of carbonyl (C=O) groups excluding carboxylic acids is 2. The van der Waals surface area contributed by atoms with Gasteiger partial charge in [0.25, 0.3) is 4.73 Å². The molecule has 2 heterocycles. The number of nitro groups is 1. The van der Waals surface area contributed by atoms with Crippen molar-refractivity contribution in [1.82, 2.24) is 14.8 Å². The van der Waals surface area contributed by atoms with Crippen LogP contribution in [-0.4, -0.2) is 50.4 Å². The third-order valence-corrected chi connectivity index (χ3v) is 5.95. The van der Waals surface area contributed by atoms with E-state index in [9.17, 15) is 19.7 Å². The summed E-state index contributed by atoms with van der Waals surface area (Å²) in [7, 11) is 0. The van der Waals surface area contributed by atoms with Gasteiger partial charge in [0.1, 0.15) is 18.8 Å². The number of rotatable bonds is 7. The van der Waals surface area contributed by atoms with Gasteiger partial charge in [-0.3, -0.25) is 0 Å². The molecule has 3 atom stereocenters. The third kappa shape index (κ3) is 5.72. The molecule has 1 aliphatic heterocycles. The van der Waals surface area contributed by atoms with Gasteiger partial charge < -0.3 is 24.3 Å². The van der Waals surface area contributed by atoms with Crippen LogP contribution in [0.3, 0.4) is 0 Å². The fourth-order valence-corrected chi connectivity index (χ4v) is 3.97. The molecule has 11 nitrogen and oxygen atoms in total. The van der Waals surface area contributed by atoms with Gasteiger partial charge in [0.05, 0.1) is 11.1 Å². The number of carbonyl (C=O) groups is 2. The van der Waals surface area contributed by atoms with Crippen LogP contribution in [0.2, 0.25) is 0 Å². The number of aromatic nitrogens is 3. The van der Waals surface area contributed by atoms with Crippen LogP contribution in [0.5, 0.6) is 0 Å². The van der Waals surface area contributed by atoms with Crippen molar-refractivity contribution < 1.29 is 28.7 Å². The minimum atomic E-state index is -0.843. The van der Waals surface area contributed by atoms with Crippen molar-refractivity contribution in [2.24, 2.45) is 0 Å². The highest BCUT2D eigenvalue weighted by Gasteiger charge is 2.43. The lowest BCUT2D eigenvalue weighted by Crippen LogP contribution is -2.32. The molecule has 0 N–H and O–H groups in total. The number of nitrogens with zero attached hydrogens (tertiary/aromatic N) is 4. The molecule has 0 saturated carbocycles. The lowest BCUT2D eigenvalue weighted by Gasteiger charge is -2.19. The van der Waals surface area contributed by atoms with Crippen molar-refractivity contribution in [2.75, 3.05) is 6.61 Å². The van der Waals surface area contributed by atoms with Crippen LogP contribution in [0.4, 0.5) is 5.95 Å². The summed E-state index contributed by atoms with van der Waals surface area (Å²) in [5, 5.41) is 14.9. The maximum absolute atomic E-state index is 12.7. The lowest BCUT2D eigenvalue weighted by molar-refractivity contribution is -0.394. The maximum atomic E-state index is 12.7. The molecule has 1 aromatic heterocycles. The Morgan fingerprint density at radius 2 is 1.66 bits per heavy atom. The van der Waals surface area contributed by atoms with Gasteiger partial charge in [0.15, 0.2) is 6.23 Å². The van der Waals surface area contributed by atoms with Crippen LogP contribution in [0.15, 0.2) is 53.3 Å². The molecular formula is C23H21BrN4O7.